The number of nitrogens with one attached hydrogen (secondary N) is 1. The molecule has 0 unspecified atom stereocenters. The minimum Gasteiger partial charge on any atom is -0.321 e. The molecule has 0 saturated carbocycles. The molecule has 0 aliphatic heterocycles. The van der Waals surface area contributed by atoms with Gasteiger partial charge in [-0.15, -0.1) is 0 Å². The smallest absolute Gasteiger partial charge is 0.266 e. The summed E-state index contributed by atoms with van der Waals surface area (Å²) in [6, 6.07) is 16.4. The van der Waals surface area contributed by atoms with Crippen molar-refractivity contribution in [2.24, 2.45) is 0 Å². The first-order chi connectivity index (χ1) is 13.0. The quantitative estimate of drug-likeness (QED) is 0.497. The highest BCUT2D eigenvalue weighted by Crippen LogP contribution is 2.23. The van der Waals surface area contributed by atoms with E-state index in [-0.39, 0.29) is 5.57 Å². The van der Waals surface area contributed by atoms with Crippen LogP contribution in [0, 0.1) is 11.3 Å². The number of nitrogens with zero attached hydrogens (tertiary/aromatic N) is 3. The van der Waals surface area contributed by atoms with Crippen molar-refractivity contribution in [3.63, 3.8) is 0 Å². The van der Waals surface area contributed by atoms with Crippen molar-refractivity contribution in [2.75, 3.05) is 5.32 Å². The molecule has 3 rings (SSSR count). The average Bonchev–Trinajstić information content (AvgIpc) is 3.06. The molecule has 0 fully saturated rings. The molecule has 0 aliphatic rings. The SMILES string of the molecule is N#C/C(=C\c1cnn(Cc2ccccc2)c1)C(=O)Nc1cc(Cl)cc(Cl)c1. The van der Waals surface area contributed by atoms with Gasteiger partial charge >= 0.3 is 0 Å². The normalized spacial score (nSPS) is 11.1. The fourth-order valence-electron chi connectivity index (χ4n) is 2.45. The molecule has 134 valence electrons. The number of halogens is 2. The van der Waals surface area contributed by atoms with Gasteiger partial charge in [0, 0.05) is 27.5 Å². The van der Waals surface area contributed by atoms with E-state index in [1.165, 1.54) is 6.08 Å². The van der Waals surface area contributed by atoms with Gasteiger partial charge in [-0.1, -0.05) is 53.5 Å². The van der Waals surface area contributed by atoms with Gasteiger partial charge < -0.3 is 5.32 Å². The van der Waals surface area contributed by atoms with Crippen LogP contribution in [0.1, 0.15) is 11.1 Å². The Morgan fingerprint density at radius 2 is 1.89 bits per heavy atom. The molecule has 1 N–H and O–H groups in total. The summed E-state index contributed by atoms with van der Waals surface area (Å²) >= 11 is 11.8. The molecule has 27 heavy (non-hydrogen) atoms. The molecular weight excluding hydrogens is 383 g/mol. The summed E-state index contributed by atoms with van der Waals surface area (Å²) in [5, 5.41) is 17.0. The topological polar surface area (TPSA) is 70.7 Å². The van der Waals surface area contributed by atoms with Crippen LogP contribution in [0.5, 0.6) is 0 Å². The molecule has 1 aromatic heterocycles. The standard InChI is InChI=1S/C20H14Cl2N4O/c21-17-7-18(22)9-19(8-17)25-20(27)16(10-23)6-15-11-24-26(13-15)12-14-4-2-1-3-5-14/h1-9,11,13H,12H2,(H,25,27)/b16-6+. The lowest BCUT2D eigenvalue weighted by Crippen LogP contribution is -2.13. The van der Waals surface area contributed by atoms with E-state index in [1.807, 2.05) is 36.4 Å². The van der Waals surface area contributed by atoms with Gasteiger partial charge in [0.25, 0.3) is 5.91 Å². The van der Waals surface area contributed by atoms with Gasteiger partial charge in [-0.25, -0.2) is 0 Å². The molecule has 0 bridgehead atoms. The molecular formula is C20H14Cl2N4O. The molecule has 0 aliphatic carbocycles. The fraction of sp³-hybridized carbons (Fsp3) is 0.0500. The number of carbonyl (C=O) groups is 1. The van der Waals surface area contributed by atoms with Gasteiger partial charge in [-0.3, -0.25) is 9.48 Å². The van der Waals surface area contributed by atoms with Crippen molar-refractivity contribution >= 4 is 40.9 Å². The zero-order valence-electron chi connectivity index (χ0n) is 14.1. The van der Waals surface area contributed by atoms with Crippen LogP contribution in [0.15, 0.2) is 66.5 Å². The number of rotatable bonds is 5. The number of hydrogen-bond acceptors (Lipinski definition) is 3. The van der Waals surface area contributed by atoms with Crippen LogP contribution in [0.25, 0.3) is 6.08 Å². The number of aromatic nitrogens is 2. The maximum absolute atomic E-state index is 12.4. The zero-order valence-corrected chi connectivity index (χ0v) is 15.6. The average molecular weight is 397 g/mol. The van der Waals surface area contributed by atoms with Gasteiger partial charge in [-0.05, 0) is 29.8 Å². The lowest BCUT2D eigenvalue weighted by Gasteiger charge is -2.05. The van der Waals surface area contributed by atoms with Gasteiger partial charge in [0.1, 0.15) is 11.6 Å². The molecule has 0 radical (unpaired) electrons. The van der Waals surface area contributed by atoms with Crippen molar-refractivity contribution in [1.82, 2.24) is 9.78 Å². The van der Waals surface area contributed by atoms with Crippen LogP contribution in [0.4, 0.5) is 5.69 Å². The third-order valence-electron chi connectivity index (χ3n) is 3.64. The first-order valence-electron chi connectivity index (χ1n) is 7.99. The summed E-state index contributed by atoms with van der Waals surface area (Å²) in [5.74, 6) is -0.549. The molecule has 2 aromatic carbocycles. The van der Waals surface area contributed by atoms with E-state index >= 15 is 0 Å². The summed E-state index contributed by atoms with van der Waals surface area (Å²) < 4.78 is 1.74. The fourth-order valence-corrected chi connectivity index (χ4v) is 2.98. The molecule has 0 saturated heterocycles. The molecule has 3 aromatic rings. The van der Waals surface area contributed by atoms with Crippen molar-refractivity contribution in [2.45, 2.75) is 6.54 Å². The number of hydrogen-bond donors (Lipinski definition) is 1. The Balaban J connectivity index is 1.74. The minimum atomic E-state index is -0.549. The number of amides is 1. The van der Waals surface area contributed by atoms with Gasteiger partial charge in [-0.2, -0.15) is 10.4 Å². The summed E-state index contributed by atoms with van der Waals surface area (Å²) in [5.41, 5.74) is 2.12. The van der Waals surface area contributed by atoms with Crippen LogP contribution < -0.4 is 5.32 Å². The van der Waals surface area contributed by atoms with Crippen molar-refractivity contribution in [1.29, 1.82) is 5.26 Å². The van der Waals surface area contributed by atoms with Crippen LogP contribution in [0.2, 0.25) is 10.0 Å². The number of anilines is 1. The monoisotopic (exact) mass is 396 g/mol. The van der Waals surface area contributed by atoms with E-state index in [1.54, 1.807) is 35.3 Å². The Morgan fingerprint density at radius 3 is 2.56 bits per heavy atom. The predicted octanol–water partition coefficient (Wildman–Crippen LogP) is 4.78. The maximum atomic E-state index is 12.4. The lowest BCUT2D eigenvalue weighted by molar-refractivity contribution is -0.112. The summed E-state index contributed by atoms with van der Waals surface area (Å²) in [4.78, 5) is 12.4. The van der Waals surface area contributed by atoms with Crippen molar-refractivity contribution in [3.8, 4) is 6.07 Å². The first kappa shape index (κ1) is 18.7. The van der Waals surface area contributed by atoms with E-state index in [9.17, 15) is 10.1 Å². The highest BCUT2D eigenvalue weighted by molar-refractivity contribution is 6.35. The number of nitriles is 1. The van der Waals surface area contributed by atoms with Crippen LogP contribution in [-0.2, 0) is 11.3 Å². The summed E-state index contributed by atoms with van der Waals surface area (Å²) in [6.45, 7) is 0.601. The molecule has 7 heteroatoms. The van der Waals surface area contributed by atoms with Gasteiger partial charge in [0.05, 0.1) is 12.7 Å². The van der Waals surface area contributed by atoms with E-state index < -0.39 is 5.91 Å². The Kier molecular flexibility index (Phi) is 5.92. The van der Waals surface area contributed by atoms with E-state index in [0.29, 0.717) is 27.8 Å². The van der Waals surface area contributed by atoms with E-state index in [0.717, 1.165) is 5.56 Å². The first-order valence-corrected chi connectivity index (χ1v) is 8.75. The van der Waals surface area contributed by atoms with E-state index in [4.69, 9.17) is 23.2 Å². The Hall–Kier alpha value is -3.07. The third-order valence-corrected chi connectivity index (χ3v) is 4.07. The largest absolute Gasteiger partial charge is 0.321 e. The predicted molar refractivity (Wildman–Crippen MR) is 106 cm³/mol. The minimum absolute atomic E-state index is 0.0506. The zero-order chi connectivity index (χ0) is 19.2. The molecule has 0 spiro atoms. The highest BCUT2D eigenvalue weighted by atomic mass is 35.5. The summed E-state index contributed by atoms with van der Waals surface area (Å²) in [6.07, 6.45) is 4.85. The summed E-state index contributed by atoms with van der Waals surface area (Å²) in [7, 11) is 0. The molecule has 1 amide bonds. The Labute approximate surface area is 166 Å². The molecule has 0 atom stereocenters. The number of benzene rings is 2. The van der Waals surface area contributed by atoms with Crippen molar-refractivity contribution < 1.29 is 4.79 Å². The third kappa shape index (κ3) is 5.20. The van der Waals surface area contributed by atoms with E-state index in [2.05, 4.69) is 10.4 Å². The molecule has 1 heterocycles. The van der Waals surface area contributed by atoms with Gasteiger partial charge in [0.15, 0.2) is 0 Å². The van der Waals surface area contributed by atoms with Crippen LogP contribution in [-0.4, -0.2) is 15.7 Å². The molecule has 5 nitrogen and oxygen atoms in total. The highest BCUT2D eigenvalue weighted by Gasteiger charge is 2.11. The lowest BCUT2D eigenvalue weighted by atomic mass is 10.2. The second kappa shape index (κ2) is 8.54. The number of carbonyl (C=O) groups excluding carboxylic acids is 1. The van der Waals surface area contributed by atoms with Gasteiger partial charge in [0.2, 0.25) is 0 Å². The Morgan fingerprint density at radius 1 is 1.19 bits per heavy atom. The second-order valence-corrected chi connectivity index (χ2v) is 6.61. The Bertz CT molecular complexity index is 1020. The second-order valence-electron chi connectivity index (χ2n) is 5.74. The van der Waals surface area contributed by atoms with Crippen LogP contribution in [0.3, 0.4) is 0 Å². The van der Waals surface area contributed by atoms with Crippen LogP contribution >= 0.6 is 23.2 Å². The van der Waals surface area contributed by atoms with Crippen molar-refractivity contribution in [3.05, 3.63) is 87.7 Å². The maximum Gasteiger partial charge on any atom is 0.266 e.